The van der Waals surface area contributed by atoms with Crippen molar-refractivity contribution in [3.63, 3.8) is 0 Å². The fraction of sp³-hybridized carbons (Fsp3) is 0.545. The number of carboxylic acids is 2. The van der Waals surface area contributed by atoms with E-state index in [0.717, 1.165) is 61.8 Å². The molecule has 2 fully saturated rings. The number of rotatable bonds is 4. The van der Waals surface area contributed by atoms with Gasteiger partial charge in [-0.1, -0.05) is 22.5 Å². The zero-order valence-corrected chi connectivity index (χ0v) is 18.7. The van der Waals surface area contributed by atoms with E-state index >= 15 is 0 Å². The third-order valence-corrected chi connectivity index (χ3v) is 5.56. The van der Waals surface area contributed by atoms with Crippen molar-refractivity contribution in [2.45, 2.75) is 50.4 Å². The Bertz CT molecular complexity index is 981. The molecule has 0 amide bonds. The van der Waals surface area contributed by atoms with Crippen LogP contribution in [-0.4, -0.2) is 68.6 Å². The molecule has 182 valence electrons. The van der Waals surface area contributed by atoms with E-state index in [4.69, 9.17) is 28.8 Å². The van der Waals surface area contributed by atoms with Crippen LogP contribution in [0.3, 0.4) is 0 Å². The number of carboxylic acid groups (broad SMARTS) is 2. The minimum absolute atomic E-state index is 0.574. The van der Waals surface area contributed by atoms with Gasteiger partial charge in [0, 0.05) is 36.1 Å². The van der Waals surface area contributed by atoms with Crippen molar-refractivity contribution in [1.82, 2.24) is 30.9 Å². The van der Waals surface area contributed by atoms with Crippen LogP contribution in [0.4, 0.5) is 0 Å². The molecular weight excluding hydrogens is 444 g/mol. The van der Waals surface area contributed by atoms with Gasteiger partial charge in [0.1, 0.15) is 0 Å². The van der Waals surface area contributed by atoms with Gasteiger partial charge in [0.25, 0.3) is 11.8 Å². The van der Waals surface area contributed by atoms with E-state index in [1.54, 1.807) is 0 Å². The Morgan fingerprint density at radius 2 is 1.18 bits per heavy atom. The minimum atomic E-state index is -1.82. The summed E-state index contributed by atoms with van der Waals surface area (Å²) in [7, 11) is 0. The lowest BCUT2D eigenvalue weighted by atomic mass is 10.1. The molecule has 4 aliphatic rings. The van der Waals surface area contributed by atoms with Crippen LogP contribution in [0.5, 0.6) is 0 Å². The Kier molecular flexibility index (Phi) is 7.80. The molecule has 12 heteroatoms. The van der Waals surface area contributed by atoms with Gasteiger partial charge >= 0.3 is 11.9 Å². The number of hydrogen-bond acceptors (Lipinski definition) is 10. The van der Waals surface area contributed by atoms with Crippen molar-refractivity contribution in [3.8, 4) is 0 Å². The summed E-state index contributed by atoms with van der Waals surface area (Å²) in [6.07, 6.45) is 11.3. The number of nitrogens with one attached hydrogen (secondary N) is 2. The highest BCUT2D eigenvalue weighted by atomic mass is 16.5. The van der Waals surface area contributed by atoms with Crippen LogP contribution < -0.4 is 10.6 Å². The molecule has 0 saturated heterocycles. The van der Waals surface area contributed by atoms with Crippen molar-refractivity contribution in [3.05, 3.63) is 35.6 Å². The largest absolute Gasteiger partial charge is 0.473 e. The zero-order valence-electron chi connectivity index (χ0n) is 18.7. The summed E-state index contributed by atoms with van der Waals surface area (Å²) in [5.41, 5.74) is 2.30. The van der Waals surface area contributed by atoms with E-state index in [1.807, 2.05) is 0 Å². The van der Waals surface area contributed by atoms with E-state index in [9.17, 15) is 0 Å². The third-order valence-electron chi connectivity index (χ3n) is 5.56. The molecule has 0 radical (unpaired) electrons. The first-order valence-corrected chi connectivity index (χ1v) is 11.4. The smallest absolute Gasteiger partial charge is 0.414 e. The Morgan fingerprint density at radius 3 is 1.47 bits per heavy atom. The van der Waals surface area contributed by atoms with E-state index in [2.05, 4.69) is 43.1 Å². The molecule has 0 aromatic carbocycles. The highest BCUT2D eigenvalue weighted by Crippen LogP contribution is 2.39. The molecular formula is C22H28N6O6. The van der Waals surface area contributed by atoms with Crippen LogP contribution >= 0.6 is 0 Å². The van der Waals surface area contributed by atoms with Crippen molar-refractivity contribution in [1.29, 1.82) is 0 Å². The molecule has 2 aromatic heterocycles. The first kappa shape index (κ1) is 23.8. The van der Waals surface area contributed by atoms with Crippen LogP contribution in [-0.2, 0) is 9.59 Å². The second-order valence-corrected chi connectivity index (χ2v) is 8.46. The first-order chi connectivity index (χ1) is 16.5. The monoisotopic (exact) mass is 472 g/mol. The van der Waals surface area contributed by atoms with Gasteiger partial charge in [0.05, 0.1) is 0 Å². The van der Waals surface area contributed by atoms with Gasteiger partial charge in [-0.25, -0.2) is 9.59 Å². The van der Waals surface area contributed by atoms with Gasteiger partial charge < -0.3 is 29.9 Å². The third kappa shape index (κ3) is 6.81. The SMILES string of the molecule is C1=C(c2nc(C3CC3)no2)CNCC1.C1=C(c2nc(C3CC3)no2)CNCC1.O=C(O)C(=O)O. The van der Waals surface area contributed by atoms with Crippen LogP contribution in [0.2, 0.25) is 0 Å². The van der Waals surface area contributed by atoms with Crippen molar-refractivity contribution in [2.75, 3.05) is 26.2 Å². The summed E-state index contributed by atoms with van der Waals surface area (Å²) >= 11 is 0. The highest BCUT2D eigenvalue weighted by Gasteiger charge is 2.30. The predicted molar refractivity (Wildman–Crippen MR) is 119 cm³/mol. The van der Waals surface area contributed by atoms with E-state index in [-0.39, 0.29) is 0 Å². The van der Waals surface area contributed by atoms with E-state index < -0.39 is 11.9 Å². The molecule has 4 heterocycles. The number of aliphatic carboxylic acids is 2. The fourth-order valence-electron chi connectivity index (χ4n) is 3.36. The minimum Gasteiger partial charge on any atom is -0.473 e. The molecule has 4 N–H and O–H groups in total. The fourth-order valence-corrected chi connectivity index (χ4v) is 3.36. The molecule has 0 bridgehead atoms. The maximum atomic E-state index is 9.10. The van der Waals surface area contributed by atoms with Crippen LogP contribution in [0.15, 0.2) is 21.2 Å². The molecule has 6 rings (SSSR count). The Morgan fingerprint density at radius 1 is 0.765 bits per heavy atom. The highest BCUT2D eigenvalue weighted by molar-refractivity contribution is 6.27. The summed E-state index contributed by atoms with van der Waals surface area (Å²) in [5, 5.41) is 29.4. The molecule has 2 aromatic rings. The van der Waals surface area contributed by atoms with Crippen LogP contribution in [0, 0.1) is 0 Å². The molecule has 0 spiro atoms. The normalized spacial score (nSPS) is 19.5. The van der Waals surface area contributed by atoms with Gasteiger partial charge in [-0.3, -0.25) is 0 Å². The predicted octanol–water partition coefficient (Wildman–Crippen LogP) is 1.80. The number of hydrogen-bond donors (Lipinski definition) is 4. The number of carbonyl (C=O) groups is 2. The molecule has 34 heavy (non-hydrogen) atoms. The zero-order chi connectivity index (χ0) is 23.9. The number of nitrogens with zero attached hydrogens (tertiary/aromatic N) is 4. The quantitative estimate of drug-likeness (QED) is 0.475. The molecule has 2 saturated carbocycles. The first-order valence-electron chi connectivity index (χ1n) is 11.4. The molecule has 0 unspecified atom stereocenters. The average Bonchev–Trinajstić information content (AvgIpc) is 3.80. The van der Waals surface area contributed by atoms with E-state index in [1.165, 1.54) is 25.7 Å². The maximum Gasteiger partial charge on any atom is 0.414 e. The Labute approximate surface area is 195 Å². The van der Waals surface area contributed by atoms with Crippen LogP contribution in [0.25, 0.3) is 11.1 Å². The molecule has 2 aliphatic heterocycles. The summed E-state index contributed by atoms with van der Waals surface area (Å²) in [4.78, 5) is 27.0. The lowest BCUT2D eigenvalue weighted by Crippen LogP contribution is -2.21. The number of aromatic nitrogens is 4. The maximum absolute atomic E-state index is 9.10. The van der Waals surface area contributed by atoms with Gasteiger partial charge in [0.2, 0.25) is 0 Å². The Hall–Kier alpha value is -3.38. The molecule has 0 atom stereocenters. The van der Waals surface area contributed by atoms with Crippen molar-refractivity contribution in [2.24, 2.45) is 0 Å². The van der Waals surface area contributed by atoms with Crippen LogP contribution in [0.1, 0.15) is 73.8 Å². The van der Waals surface area contributed by atoms with Gasteiger partial charge in [-0.2, -0.15) is 9.97 Å². The van der Waals surface area contributed by atoms with Gasteiger partial charge in [0.15, 0.2) is 11.6 Å². The Balaban J connectivity index is 0.000000132. The summed E-state index contributed by atoms with van der Waals surface area (Å²) < 4.78 is 10.5. The van der Waals surface area contributed by atoms with Gasteiger partial charge in [-0.15, -0.1) is 0 Å². The lowest BCUT2D eigenvalue weighted by Gasteiger charge is -2.09. The summed E-state index contributed by atoms with van der Waals surface area (Å²) in [5.74, 6) is 0.704. The molecule has 12 nitrogen and oxygen atoms in total. The second kappa shape index (κ2) is 11.2. The second-order valence-electron chi connectivity index (χ2n) is 8.46. The van der Waals surface area contributed by atoms with Gasteiger partial charge in [-0.05, 0) is 51.6 Å². The van der Waals surface area contributed by atoms with Crippen molar-refractivity contribution < 1.29 is 28.8 Å². The summed E-state index contributed by atoms with van der Waals surface area (Å²) in [6, 6.07) is 0. The lowest BCUT2D eigenvalue weighted by molar-refractivity contribution is -0.159. The average molecular weight is 473 g/mol. The topological polar surface area (TPSA) is 176 Å². The summed E-state index contributed by atoms with van der Waals surface area (Å²) in [6.45, 7) is 3.80. The van der Waals surface area contributed by atoms with Crippen molar-refractivity contribution >= 4 is 23.1 Å². The molecule has 2 aliphatic carbocycles. The standard InChI is InChI=1S/2C10H13N3O.C2H2O4/c2*1-2-8(6-11-5-1)10-12-9(13-14-10)7-3-4-7;3-1(4)2(5)6/h2*2,7,11H,1,3-6H2;(H,3,4)(H,5,6). The van der Waals surface area contributed by atoms with E-state index in [0.29, 0.717) is 23.6 Å².